The second-order valence-corrected chi connectivity index (χ2v) is 5.30. The number of benzene rings is 2. The van der Waals surface area contributed by atoms with E-state index in [0.29, 0.717) is 23.1 Å². The van der Waals surface area contributed by atoms with Crippen LogP contribution in [-0.4, -0.2) is 16.7 Å². The van der Waals surface area contributed by atoms with Crippen molar-refractivity contribution in [3.05, 3.63) is 83.4 Å². The van der Waals surface area contributed by atoms with Crippen LogP contribution in [-0.2, 0) is 0 Å². The first kappa shape index (κ1) is 14.8. The van der Waals surface area contributed by atoms with Gasteiger partial charge < -0.3 is 0 Å². The SMILES string of the molecule is C#Cc1ccccc1C(CC=C)N1C(=O)c2ccccc2C1=O. The minimum atomic E-state index is -0.452. The van der Waals surface area contributed by atoms with Gasteiger partial charge in [-0.15, -0.1) is 13.0 Å². The lowest BCUT2D eigenvalue weighted by Crippen LogP contribution is -2.34. The molecule has 0 aliphatic carbocycles. The number of imide groups is 1. The van der Waals surface area contributed by atoms with Gasteiger partial charge in [0.05, 0.1) is 17.2 Å². The van der Waals surface area contributed by atoms with E-state index in [1.54, 1.807) is 30.3 Å². The van der Waals surface area contributed by atoms with Crippen LogP contribution in [0.3, 0.4) is 0 Å². The van der Waals surface area contributed by atoms with Gasteiger partial charge in [0, 0.05) is 5.56 Å². The predicted octanol–water partition coefficient (Wildman–Crippen LogP) is 3.58. The van der Waals surface area contributed by atoms with Gasteiger partial charge in [0.15, 0.2) is 0 Å². The van der Waals surface area contributed by atoms with Crippen molar-refractivity contribution in [3.8, 4) is 12.3 Å². The van der Waals surface area contributed by atoms with Crippen molar-refractivity contribution in [3.63, 3.8) is 0 Å². The number of hydrogen-bond donors (Lipinski definition) is 0. The number of rotatable bonds is 4. The summed E-state index contributed by atoms with van der Waals surface area (Å²) in [7, 11) is 0. The standard InChI is InChI=1S/C20H15NO2/c1-3-9-18(15-11-6-5-10-14(15)4-2)21-19(22)16-12-7-8-13-17(16)20(21)23/h2-3,5-8,10-13,18H,1,9H2. The van der Waals surface area contributed by atoms with Gasteiger partial charge in [-0.05, 0) is 30.2 Å². The molecule has 0 radical (unpaired) electrons. The molecule has 112 valence electrons. The molecule has 0 saturated heterocycles. The first-order chi connectivity index (χ1) is 11.2. The van der Waals surface area contributed by atoms with Crippen LogP contribution < -0.4 is 0 Å². The quantitative estimate of drug-likeness (QED) is 0.492. The minimum absolute atomic E-state index is 0.288. The number of carbonyl (C=O) groups is 2. The predicted molar refractivity (Wildman–Crippen MR) is 88.9 cm³/mol. The summed E-state index contributed by atoms with van der Waals surface area (Å²) in [6.07, 6.45) is 7.72. The highest BCUT2D eigenvalue weighted by Crippen LogP contribution is 2.34. The fraction of sp³-hybridized carbons (Fsp3) is 0.100. The fourth-order valence-electron chi connectivity index (χ4n) is 2.94. The van der Waals surface area contributed by atoms with Gasteiger partial charge in [-0.2, -0.15) is 0 Å². The maximum Gasteiger partial charge on any atom is 0.262 e. The van der Waals surface area contributed by atoms with Gasteiger partial charge in [0.2, 0.25) is 0 Å². The van der Waals surface area contributed by atoms with Gasteiger partial charge in [-0.1, -0.05) is 42.3 Å². The molecule has 3 nitrogen and oxygen atoms in total. The topological polar surface area (TPSA) is 37.4 Å². The molecule has 2 aromatic carbocycles. The van der Waals surface area contributed by atoms with Gasteiger partial charge in [0.25, 0.3) is 11.8 Å². The molecular weight excluding hydrogens is 286 g/mol. The maximum absolute atomic E-state index is 12.7. The third-order valence-corrected chi connectivity index (χ3v) is 4.00. The number of nitrogens with zero attached hydrogens (tertiary/aromatic N) is 1. The van der Waals surface area contributed by atoms with E-state index in [-0.39, 0.29) is 11.8 Å². The number of hydrogen-bond acceptors (Lipinski definition) is 2. The largest absolute Gasteiger partial charge is 0.269 e. The lowest BCUT2D eigenvalue weighted by atomic mass is 9.97. The van der Waals surface area contributed by atoms with Crippen molar-refractivity contribution in [2.75, 3.05) is 0 Å². The highest BCUT2D eigenvalue weighted by molar-refractivity contribution is 6.21. The van der Waals surface area contributed by atoms with Crippen LogP contribution in [0.5, 0.6) is 0 Å². The van der Waals surface area contributed by atoms with Crippen LogP contribution in [0, 0.1) is 12.3 Å². The Kier molecular flexibility index (Phi) is 3.82. The van der Waals surface area contributed by atoms with E-state index in [9.17, 15) is 9.59 Å². The third kappa shape index (κ3) is 2.35. The molecule has 2 aromatic rings. The zero-order valence-corrected chi connectivity index (χ0v) is 12.5. The van der Waals surface area contributed by atoms with Crippen LogP contribution in [0.4, 0.5) is 0 Å². The van der Waals surface area contributed by atoms with Crippen LogP contribution in [0.15, 0.2) is 61.2 Å². The van der Waals surface area contributed by atoms with Crippen molar-refractivity contribution in [1.82, 2.24) is 4.90 Å². The van der Waals surface area contributed by atoms with E-state index < -0.39 is 6.04 Å². The average Bonchev–Trinajstić information content (AvgIpc) is 2.84. The van der Waals surface area contributed by atoms with Crippen molar-refractivity contribution in [2.24, 2.45) is 0 Å². The van der Waals surface area contributed by atoms with Gasteiger partial charge in [0.1, 0.15) is 0 Å². The molecule has 0 saturated carbocycles. The van der Waals surface area contributed by atoms with Crippen molar-refractivity contribution in [2.45, 2.75) is 12.5 Å². The molecular formula is C20H15NO2. The summed E-state index contributed by atoms with van der Waals surface area (Å²) in [5, 5.41) is 0. The van der Waals surface area contributed by atoms with Crippen molar-refractivity contribution >= 4 is 11.8 Å². The Morgan fingerprint density at radius 2 is 1.61 bits per heavy atom. The molecule has 0 N–H and O–H groups in total. The van der Waals surface area contributed by atoms with Crippen LogP contribution in [0.25, 0.3) is 0 Å². The maximum atomic E-state index is 12.7. The average molecular weight is 301 g/mol. The minimum Gasteiger partial charge on any atom is -0.269 e. The second kappa shape index (κ2) is 5.94. The lowest BCUT2D eigenvalue weighted by Gasteiger charge is -2.26. The molecule has 23 heavy (non-hydrogen) atoms. The summed E-state index contributed by atoms with van der Waals surface area (Å²) in [4.78, 5) is 26.7. The molecule has 0 bridgehead atoms. The van der Waals surface area contributed by atoms with Crippen LogP contribution in [0.1, 0.15) is 44.3 Å². The monoisotopic (exact) mass is 301 g/mol. The number of amides is 2. The highest BCUT2D eigenvalue weighted by Gasteiger charge is 2.40. The summed E-state index contributed by atoms with van der Waals surface area (Å²) in [5.41, 5.74) is 2.33. The molecule has 0 fully saturated rings. The Morgan fingerprint density at radius 3 is 2.17 bits per heavy atom. The highest BCUT2D eigenvalue weighted by atomic mass is 16.2. The summed E-state index contributed by atoms with van der Waals surface area (Å²) >= 11 is 0. The summed E-state index contributed by atoms with van der Waals surface area (Å²) < 4.78 is 0. The van der Waals surface area contributed by atoms with E-state index in [0.717, 1.165) is 5.56 Å². The normalized spacial score (nSPS) is 14.3. The molecule has 1 aliphatic heterocycles. The Balaban J connectivity index is 2.11. The Labute approximate surface area is 135 Å². The molecule has 0 spiro atoms. The molecule has 2 amide bonds. The van der Waals surface area contributed by atoms with E-state index in [4.69, 9.17) is 6.42 Å². The lowest BCUT2D eigenvalue weighted by molar-refractivity contribution is 0.0583. The number of terminal acetylenes is 1. The van der Waals surface area contributed by atoms with Crippen LogP contribution in [0.2, 0.25) is 0 Å². The van der Waals surface area contributed by atoms with E-state index in [1.807, 2.05) is 24.3 Å². The van der Waals surface area contributed by atoms with E-state index in [2.05, 4.69) is 12.5 Å². The Bertz CT molecular complexity index is 810. The molecule has 0 aromatic heterocycles. The third-order valence-electron chi connectivity index (χ3n) is 4.00. The number of fused-ring (bicyclic) bond motifs is 1. The molecule has 1 aliphatic rings. The zero-order chi connectivity index (χ0) is 16.4. The molecule has 3 heteroatoms. The molecule has 3 rings (SSSR count). The van der Waals surface area contributed by atoms with Crippen LogP contribution >= 0.6 is 0 Å². The zero-order valence-electron chi connectivity index (χ0n) is 12.5. The summed E-state index contributed by atoms with van der Waals surface area (Å²) in [5.74, 6) is 2.05. The fourth-order valence-corrected chi connectivity index (χ4v) is 2.94. The van der Waals surface area contributed by atoms with E-state index in [1.165, 1.54) is 4.90 Å². The second-order valence-electron chi connectivity index (χ2n) is 5.30. The van der Waals surface area contributed by atoms with Gasteiger partial charge in [-0.25, -0.2) is 0 Å². The first-order valence-electron chi connectivity index (χ1n) is 7.32. The first-order valence-corrected chi connectivity index (χ1v) is 7.32. The van der Waals surface area contributed by atoms with Gasteiger partial charge >= 0.3 is 0 Å². The van der Waals surface area contributed by atoms with Crippen molar-refractivity contribution in [1.29, 1.82) is 0 Å². The molecule has 1 unspecified atom stereocenters. The van der Waals surface area contributed by atoms with Crippen molar-refractivity contribution < 1.29 is 9.59 Å². The molecule has 1 heterocycles. The Hall–Kier alpha value is -3.12. The van der Waals surface area contributed by atoms with E-state index >= 15 is 0 Å². The smallest absolute Gasteiger partial charge is 0.262 e. The summed E-state index contributed by atoms with van der Waals surface area (Å²) in [6.45, 7) is 3.75. The van der Waals surface area contributed by atoms with Gasteiger partial charge in [-0.3, -0.25) is 14.5 Å². The Morgan fingerprint density at radius 1 is 1.04 bits per heavy atom. The number of carbonyl (C=O) groups excluding carboxylic acids is 2. The summed E-state index contributed by atoms with van der Waals surface area (Å²) in [6, 6.07) is 13.8. The molecule has 1 atom stereocenters.